The van der Waals surface area contributed by atoms with Crippen molar-refractivity contribution in [3.8, 4) is 11.5 Å². The predicted molar refractivity (Wildman–Crippen MR) is 64.0 cm³/mol. The van der Waals surface area contributed by atoms with Gasteiger partial charge in [0.15, 0.2) is 11.5 Å². The molecule has 0 radical (unpaired) electrons. The third-order valence-corrected chi connectivity index (χ3v) is 3.21. The van der Waals surface area contributed by atoms with Crippen molar-refractivity contribution in [1.82, 2.24) is 0 Å². The number of hydrogen-bond donors (Lipinski definition) is 1. The molecule has 0 amide bonds. The molecule has 1 aliphatic rings. The van der Waals surface area contributed by atoms with Gasteiger partial charge in [0.25, 0.3) is 0 Å². The molecule has 1 unspecified atom stereocenters. The Morgan fingerprint density at radius 2 is 2.18 bits per heavy atom. The van der Waals surface area contributed by atoms with Gasteiger partial charge in [0.1, 0.15) is 6.10 Å². The maximum absolute atomic E-state index is 10.1. The van der Waals surface area contributed by atoms with Crippen molar-refractivity contribution in [2.45, 2.75) is 12.5 Å². The van der Waals surface area contributed by atoms with Crippen LogP contribution in [0.4, 0.5) is 0 Å². The first-order valence-electron chi connectivity index (χ1n) is 5.38. The van der Waals surface area contributed by atoms with Crippen LogP contribution in [0.2, 0.25) is 5.02 Å². The summed E-state index contributed by atoms with van der Waals surface area (Å²) in [7, 11) is 3.09. The molecule has 1 aromatic rings. The molecule has 0 bridgehead atoms. The summed E-state index contributed by atoms with van der Waals surface area (Å²) >= 11 is 6.19. The quantitative estimate of drug-likeness (QED) is 0.881. The second-order valence-corrected chi connectivity index (χ2v) is 4.23. The summed E-state index contributed by atoms with van der Waals surface area (Å²) in [5, 5.41) is 10.6. The van der Waals surface area contributed by atoms with Gasteiger partial charge in [-0.1, -0.05) is 11.6 Å². The van der Waals surface area contributed by atoms with Crippen LogP contribution in [0.1, 0.15) is 17.2 Å². The number of halogens is 1. The van der Waals surface area contributed by atoms with Crippen LogP contribution in [0, 0.1) is 0 Å². The van der Waals surface area contributed by atoms with E-state index in [-0.39, 0.29) is 6.61 Å². The summed E-state index contributed by atoms with van der Waals surface area (Å²) in [6.07, 6.45) is -0.0824. The molecule has 0 saturated carbocycles. The topological polar surface area (TPSA) is 47.9 Å². The van der Waals surface area contributed by atoms with Gasteiger partial charge in [-0.3, -0.25) is 0 Å². The normalized spacial score (nSPS) is 19.4. The summed E-state index contributed by atoms with van der Waals surface area (Å²) in [6.45, 7) is 0.784. The van der Waals surface area contributed by atoms with Crippen LogP contribution in [0.25, 0.3) is 0 Å². The van der Waals surface area contributed by atoms with Crippen LogP contribution in [0.3, 0.4) is 0 Å². The standard InChI is InChI=1S/C12H15ClO4/c1-15-10-5-8(13)7-3-4-17-6-9(14)11(7)12(10)16-2/h5,9,14H,3-4,6H2,1-2H3. The van der Waals surface area contributed by atoms with Crippen molar-refractivity contribution >= 4 is 11.6 Å². The summed E-state index contributed by atoms with van der Waals surface area (Å²) in [4.78, 5) is 0. The molecule has 1 atom stereocenters. The van der Waals surface area contributed by atoms with E-state index in [1.165, 1.54) is 0 Å². The first kappa shape index (κ1) is 12.5. The van der Waals surface area contributed by atoms with Gasteiger partial charge in [0, 0.05) is 16.7 Å². The fourth-order valence-corrected chi connectivity index (χ4v) is 2.38. The zero-order valence-corrected chi connectivity index (χ0v) is 10.6. The van der Waals surface area contributed by atoms with E-state index < -0.39 is 6.10 Å². The zero-order chi connectivity index (χ0) is 12.4. The lowest BCUT2D eigenvalue weighted by molar-refractivity contribution is 0.0439. The van der Waals surface area contributed by atoms with E-state index in [1.807, 2.05) is 0 Å². The Kier molecular flexibility index (Phi) is 3.76. The average molecular weight is 259 g/mol. The Labute approximate surface area is 105 Å². The van der Waals surface area contributed by atoms with E-state index in [0.717, 1.165) is 5.56 Å². The lowest BCUT2D eigenvalue weighted by Crippen LogP contribution is -2.08. The van der Waals surface area contributed by atoms with Crippen LogP contribution < -0.4 is 9.47 Å². The largest absolute Gasteiger partial charge is 0.493 e. The minimum absolute atomic E-state index is 0.243. The number of benzene rings is 1. The van der Waals surface area contributed by atoms with Crippen molar-refractivity contribution in [2.75, 3.05) is 27.4 Å². The van der Waals surface area contributed by atoms with Crippen molar-refractivity contribution in [2.24, 2.45) is 0 Å². The van der Waals surface area contributed by atoms with Gasteiger partial charge >= 0.3 is 0 Å². The van der Waals surface area contributed by atoms with Gasteiger partial charge in [-0.25, -0.2) is 0 Å². The van der Waals surface area contributed by atoms with Crippen LogP contribution >= 0.6 is 11.6 Å². The highest BCUT2D eigenvalue weighted by molar-refractivity contribution is 6.31. The molecule has 4 nitrogen and oxygen atoms in total. The smallest absolute Gasteiger partial charge is 0.166 e. The van der Waals surface area contributed by atoms with Crippen LogP contribution in [-0.2, 0) is 11.2 Å². The minimum atomic E-state index is -0.741. The Bertz CT molecular complexity index is 419. The number of rotatable bonds is 2. The highest BCUT2D eigenvalue weighted by atomic mass is 35.5. The Balaban J connectivity index is 2.64. The summed E-state index contributed by atoms with van der Waals surface area (Å²) in [5.74, 6) is 1.06. The fourth-order valence-electron chi connectivity index (χ4n) is 2.09. The predicted octanol–water partition coefficient (Wildman–Crippen LogP) is 1.96. The second kappa shape index (κ2) is 5.12. The van der Waals surface area contributed by atoms with Crippen LogP contribution in [0.5, 0.6) is 11.5 Å². The number of aliphatic hydroxyl groups is 1. The van der Waals surface area contributed by atoms with Crippen molar-refractivity contribution in [3.05, 3.63) is 22.2 Å². The van der Waals surface area contributed by atoms with E-state index >= 15 is 0 Å². The van der Waals surface area contributed by atoms with Crippen molar-refractivity contribution in [3.63, 3.8) is 0 Å². The zero-order valence-electron chi connectivity index (χ0n) is 9.83. The number of fused-ring (bicyclic) bond motifs is 1. The van der Waals surface area contributed by atoms with Crippen LogP contribution in [0.15, 0.2) is 6.07 Å². The SMILES string of the molecule is COc1cc(Cl)c2c(c1OC)C(O)COCC2. The maximum atomic E-state index is 10.1. The van der Waals surface area contributed by atoms with Crippen molar-refractivity contribution < 1.29 is 19.3 Å². The number of ether oxygens (including phenoxy) is 3. The van der Waals surface area contributed by atoms with Gasteiger partial charge < -0.3 is 19.3 Å². The highest BCUT2D eigenvalue weighted by Crippen LogP contribution is 2.42. The van der Waals surface area contributed by atoms with Gasteiger partial charge in [-0.2, -0.15) is 0 Å². The summed E-state index contributed by atoms with van der Waals surface area (Å²) in [5.41, 5.74) is 1.55. The molecular formula is C12H15ClO4. The third kappa shape index (κ3) is 2.20. The first-order valence-corrected chi connectivity index (χ1v) is 5.76. The summed E-state index contributed by atoms with van der Waals surface area (Å²) < 4.78 is 15.8. The van der Waals surface area contributed by atoms with E-state index in [0.29, 0.717) is 35.1 Å². The van der Waals surface area contributed by atoms with Gasteiger partial charge in [-0.05, 0) is 12.0 Å². The average Bonchev–Trinajstić information content (AvgIpc) is 2.52. The third-order valence-electron chi connectivity index (χ3n) is 2.87. The van der Waals surface area contributed by atoms with Gasteiger partial charge in [0.05, 0.1) is 27.4 Å². The molecule has 1 aromatic carbocycles. The van der Waals surface area contributed by atoms with Crippen LogP contribution in [-0.4, -0.2) is 32.5 Å². The van der Waals surface area contributed by atoms with Gasteiger partial charge in [0.2, 0.25) is 0 Å². The number of hydrogen-bond acceptors (Lipinski definition) is 4. The van der Waals surface area contributed by atoms with E-state index in [2.05, 4.69) is 0 Å². The Morgan fingerprint density at radius 1 is 1.41 bits per heavy atom. The highest BCUT2D eigenvalue weighted by Gasteiger charge is 2.26. The molecule has 1 aliphatic heterocycles. The summed E-state index contributed by atoms with van der Waals surface area (Å²) in [6, 6.07) is 1.71. The molecule has 1 N–H and O–H groups in total. The van der Waals surface area contributed by atoms with E-state index in [4.69, 9.17) is 25.8 Å². The molecule has 0 fully saturated rings. The Morgan fingerprint density at radius 3 is 2.82 bits per heavy atom. The molecule has 5 heteroatoms. The van der Waals surface area contributed by atoms with Crippen molar-refractivity contribution in [1.29, 1.82) is 0 Å². The lowest BCUT2D eigenvalue weighted by Gasteiger charge is -2.19. The van der Waals surface area contributed by atoms with E-state index in [9.17, 15) is 5.11 Å². The maximum Gasteiger partial charge on any atom is 0.166 e. The molecular weight excluding hydrogens is 244 g/mol. The molecule has 0 saturated heterocycles. The molecule has 2 rings (SSSR count). The molecule has 17 heavy (non-hydrogen) atoms. The number of methoxy groups -OCH3 is 2. The Hall–Kier alpha value is -0.970. The number of aliphatic hydroxyl groups excluding tert-OH is 1. The monoisotopic (exact) mass is 258 g/mol. The molecule has 0 aliphatic carbocycles. The fraction of sp³-hybridized carbons (Fsp3) is 0.500. The lowest BCUT2D eigenvalue weighted by atomic mass is 9.99. The first-order chi connectivity index (χ1) is 8.19. The minimum Gasteiger partial charge on any atom is -0.493 e. The van der Waals surface area contributed by atoms with E-state index in [1.54, 1.807) is 20.3 Å². The molecule has 0 aromatic heterocycles. The van der Waals surface area contributed by atoms with Gasteiger partial charge in [-0.15, -0.1) is 0 Å². The molecule has 0 spiro atoms. The molecule has 94 valence electrons. The second-order valence-electron chi connectivity index (χ2n) is 3.83. The molecule has 1 heterocycles.